The summed E-state index contributed by atoms with van der Waals surface area (Å²) in [7, 11) is 0. The lowest BCUT2D eigenvalue weighted by atomic mass is 9.94. The predicted molar refractivity (Wildman–Crippen MR) is 53.4 cm³/mol. The largest absolute Gasteiger partial charge is 0.392 e. The minimum absolute atomic E-state index is 0.214. The van der Waals surface area contributed by atoms with Crippen molar-refractivity contribution in [2.75, 3.05) is 13.1 Å². The van der Waals surface area contributed by atoms with Gasteiger partial charge in [-0.05, 0) is 44.1 Å². The van der Waals surface area contributed by atoms with Crippen LogP contribution in [0, 0.1) is 17.8 Å². The molecule has 0 amide bonds. The van der Waals surface area contributed by atoms with E-state index in [-0.39, 0.29) is 6.10 Å². The maximum Gasteiger partial charge on any atom is 0.0636 e. The van der Waals surface area contributed by atoms with E-state index in [1.54, 1.807) is 0 Å². The van der Waals surface area contributed by atoms with Gasteiger partial charge in [0.2, 0.25) is 0 Å². The van der Waals surface area contributed by atoms with E-state index < -0.39 is 0 Å². The van der Waals surface area contributed by atoms with Gasteiger partial charge >= 0.3 is 0 Å². The zero-order chi connectivity index (χ0) is 9.26. The minimum Gasteiger partial charge on any atom is -0.392 e. The van der Waals surface area contributed by atoms with Gasteiger partial charge in [0.1, 0.15) is 0 Å². The van der Waals surface area contributed by atoms with Gasteiger partial charge in [0.05, 0.1) is 6.10 Å². The molecule has 2 aliphatic rings. The molecule has 2 heteroatoms. The molecule has 0 aromatic rings. The van der Waals surface area contributed by atoms with Gasteiger partial charge in [-0.25, -0.2) is 0 Å². The number of aliphatic hydroxyl groups is 1. The molecule has 1 fully saturated rings. The van der Waals surface area contributed by atoms with Crippen molar-refractivity contribution in [3.63, 3.8) is 0 Å². The lowest BCUT2D eigenvalue weighted by Crippen LogP contribution is -2.30. The van der Waals surface area contributed by atoms with E-state index in [4.69, 9.17) is 5.11 Å². The first kappa shape index (κ1) is 9.22. The molecule has 0 spiro atoms. The highest BCUT2D eigenvalue weighted by Gasteiger charge is 2.34. The van der Waals surface area contributed by atoms with Gasteiger partial charge in [-0.3, -0.25) is 0 Å². The molecule has 4 atom stereocenters. The third kappa shape index (κ3) is 2.12. The highest BCUT2D eigenvalue weighted by atomic mass is 16.3. The smallest absolute Gasteiger partial charge is 0.0636 e. The number of hydrogen-bond acceptors (Lipinski definition) is 2. The fourth-order valence-corrected chi connectivity index (χ4v) is 2.61. The van der Waals surface area contributed by atoms with E-state index in [1.807, 2.05) is 6.92 Å². The van der Waals surface area contributed by atoms with E-state index in [9.17, 15) is 0 Å². The molecule has 2 bridgehead atoms. The maximum atomic E-state index is 9.08. The fourth-order valence-electron chi connectivity index (χ4n) is 2.61. The molecule has 1 saturated carbocycles. The second-order valence-electron chi connectivity index (χ2n) is 4.55. The van der Waals surface area contributed by atoms with Gasteiger partial charge in [-0.2, -0.15) is 0 Å². The third-order valence-electron chi connectivity index (χ3n) is 3.26. The Hall–Kier alpha value is -0.340. The first-order valence-corrected chi connectivity index (χ1v) is 5.33. The van der Waals surface area contributed by atoms with Gasteiger partial charge in [-0.1, -0.05) is 12.2 Å². The SMILES string of the molecule is CC(O)CNCC1CC2C=CC1C2. The lowest BCUT2D eigenvalue weighted by Gasteiger charge is -2.18. The van der Waals surface area contributed by atoms with Crippen LogP contribution >= 0.6 is 0 Å². The number of hydrogen-bond donors (Lipinski definition) is 2. The fraction of sp³-hybridized carbons (Fsp3) is 0.818. The second kappa shape index (κ2) is 3.81. The van der Waals surface area contributed by atoms with Crippen molar-refractivity contribution in [2.24, 2.45) is 17.8 Å². The Morgan fingerprint density at radius 1 is 1.46 bits per heavy atom. The van der Waals surface area contributed by atoms with Crippen LogP contribution in [0.4, 0.5) is 0 Å². The summed E-state index contributed by atoms with van der Waals surface area (Å²) in [6.45, 7) is 3.64. The molecule has 2 aliphatic carbocycles. The molecule has 0 aromatic carbocycles. The maximum absolute atomic E-state index is 9.08. The van der Waals surface area contributed by atoms with Crippen molar-refractivity contribution in [3.05, 3.63) is 12.2 Å². The van der Waals surface area contributed by atoms with Crippen molar-refractivity contribution in [3.8, 4) is 0 Å². The summed E-state index contributed by atoms with van der Waals surface area (Å²) in [4.78, 5) is 0. The van der Waals surface area contributed by atoms with Crippen molar-refractivity contribution in [1.82, 2.24) is 5.32 Å². The van der Waals surface area contributed by atoms with E-state index in [1.165, 1.54) is 12.8 Å². The summed E-state index contributed by atoms with van der Waals surface area (Å²) in [6.07, 6.45) is 7.27. The highest BCUT2D eigenvalue weighted by molar-refractivity contribution is 5.10. The van der Waals surface area contributed by atoms with Crippen LogP contribution in [-0.4, -0.2) is 24.3 Å². The molecule has 2 N–H and O–H groups in total. The summed E-state index contributed by atoms with van der Waals surface area (Å²) in [5.74, 6) is 2.52. The van der Waals surface area contributed by atoms with E-state index in [2.05, 4.69) is 17.5 Å². The topological polar surface area (TPSA) is 32.3 Å². The average molecular weight is 181 g/mol. The number of fused-ring (bicyclic) bond motifs is 2. The molecule has 13 heavy (non-hydrogen) atoms. The van der Waals surface area contributed by atoms with Crippen LogP contribution in [0.3, 0.4) is 0 Å². The van der Waals surface area contributed by atoms with Gasteiger partial charge < -0.3 is 10.4 Å². The first-order valence-electron chi connectivity index (χ1n) is 5.33. The molecule has 0 heterocycles. The van der Waals surface area contributed by atoms with Gasteiger partial charge in [0, 0.05) is 6.54 Å². The van der Waals surface area contributed by atoms with Gasteiger partial charge in [0.25, 0.3) is 0 Å². The van der Waals surface area contributed by atoms with Gasteiger partial charge in [0.15, 0.2) is 0 Å². The molecule has 2 nitrogen and oxygen atoms in total. The summed E-state index contributed by atoms with van der Waals surface area (Å²) >= 11 is 0. The number of nitrogens with one attached hydrogen (secondary N) is 1. The summed E-state index contributed by atoms with van der Waals surface area (Å²) < 4.78 is 0. The third-order valence-corrected chi connectivity index (χ3v) is 3.26. The summed E-state index contributed by atoms with van der Waals surface area (Å²) in [5.41, 5.74) is 0. The Balaban J connectivity index is 1.69. The Labute approximate surface area is 80.0 Å². The highest BCUT2D eigenvalue weighted by Crippen LogP contribution is 2.42. The summed E-state index contributed by atoms with van der Waals surface area (Å²) in [5, 5.41) is 12.4. The molecular formula is C11H19NO. The Kier molecular flexibility index (Phi) is 2.70. The van der Waals surface area contributed by atoms with Crippen LogP contribution in [0.2, 0.25) is 0 Å². The van der Waals surface area contributed by atoms with Crippen molar-refractivity contribution < 1.29 is 5.11 Å². The molecule has 0 aliphatic heterocycles. The number of aliphatic hydroxyl groups excluding tert-OH is 1. The normalized spacial score (nSPS) is 38.5. The van der Waals surface area contributed by atoms with Crippen LogP contribution in [0.1, 0.15) is 19.8 Å². The predicted octanol–water partition coefficient (Wildman–Crippen LogP) is 1.17. The molecule has 0 saturated heterocycles. The van der Waals surface area contributed by atoms with Crippen LogP contribution < -0.4 is 5.32 Å². The summed E-state index contributed by atoms with van der Waals surface area (Å²) in [6, 6.07) is 0. The average Bonchev–Trinajstić information content (AvgIpc) is 2.64. The Morgan fingerprint density at radius 3 is 2.85 bits per heavy atom. The quantitative estimate of drug-likeness (QED) is 0.638. The van der Waals surface area contributed by atoms with E-state index in [0.717, 1.165) is 30.8 Å². The van der Waals surface area contributed by atoms with Crippen molar-refractivity contribution in [2.45, 2.75) is 25.9 Å². The number of allylic oxidation sites excluding steroid dienone is 2. The van der Waals surface area contributed by atoms with E-state index >= 15 is 0 Å². The molecule has 4 unspecified atom stereocenters. The molecule has 74 valence electrons. The molecular weight excluding hydrogens is 162 g/mol. The zero-order valence-corrected chi connectivity index (χ0v) is 8.24. The van der Waals surface area contributed by atoms with Crippen molar-refractivity contribution >= 4 is 0 Å². The minimum atomic E-state index is -0.214. The van der Waals surface area contributed by atoms with Crippen LogP contribution in [-0.2, 0) is 0 Å². The zero-order valence-electron chi connectivity index (χ0n) is 8.24. The molecule has 0 radical (unpaired) electrons. The van der Waals surface area contributed by atoms with Crippen LogP contribution in [0.25, 0.3) is 0 Å². The standard InChI is InChI=1S/C11H19NO/c1-8(13)6-12-7-11-5-9-2-3-10(11)4-9/h2-3,8-13H,4-7H2,1H3. The molecule has 0 aromatic heterocycles. The second-order valence-corrected chi connectivity index (χ2v) is 4.55. The van der Waals surface area contributed by atoms with Gasteiger partial charge in [-0.15, -0.1) is 0 Å². The Morgan fingerprint density at radius 2 is 2.31 bits per heavy atom. The number of rotatable bonds is 4. The monoisotopic (exact) mass is 181 g/mol. The molecule has 2 rings (SSSR count). The van der Waals surface area contributed by atoms with Crippen LogP contribution in [0.5, 0.6) is 0 Å². The first-order chi connectivity index (χ1) is 6.25. The van der Waals surface area contributed by atoms with Crippen LogP contribution in [0.15, 0.2) is 12.2 Å². The van der Waals surface area contributed by atoms with Crippen molar-refractivity contribution in [1.29, 1.82) is 0 Å². The van der Waals surface area contributed by atoms with E-state index in [0.29, 0.717) is 0 Å². The Bertz CT molecular complexity index is 200. The lowest BCUT2D eigenvalue weighted by molar-refractivity contribution is 0.188.